The van der Waals surface area contributed by atoms with Crippen LogP contribution >= 0.6 is 0 Å². The van der Waals surface area contributed by atoms with Crippen LogP contribution in [0.3, 0.4) is 0 Å². The molecule has 0 aromatic rings. The molecule has 3 aliphatic rings. The first-order valence-electron chi connectivity index (χ1n) is 12.7. The number of hydrogen-bond donors (Lipinski definition) is 3. The third kappa shape index (κ3) is 7.73. The Hall–Kier alpha value is -2.04. The standard InChI is InChI=1S/C27H41NO8/c1-16(8-11-23-25(31)27(15-33-27)14-26(6,32)36-23)7-10-22-17(2)13-21(19(4)35-22)28-24(30)12-9-18(3)34-20(5)29/h7-9,11-12,17-19,21-23,25,31-32H,10,13-15H2,1-6H3,(H,28,30)/b11-8+,12-9-,16-7+/t17?,18?,19?,21?,22?,23?,25-,26?,27?/m1/s1. The van der Waals surface area contributed by atoms with Gasteiger partial charge in [0, 0.05) is 19.4 Å². The Kier molecular flexibility index (Phi) is 9.16. The van der Waals surface area contributed by atoms with E-state index in [1.807, 2.05) is 19.9 Å². The number of aliphatic hydroxyl groups is 2. The van der Waals surface area contributed by atoms with Crippen molar-refractivity contribution in [3.8, 4) is 0 Å². The zero-order valence-electron chi connectivity index (χ0n) is 22.1. The molecule has 9 nitrogen and oxygen atoms in total. The zero-order chi connectivity index (χ0) is 26.7. The number of hydrogen-bond acceptors (Lipinski definition) is 8. The van der Waals surface area contributed by atoms with Crippen LogP contribution in [0.5, 0.6) is 0 Å². The van der Waals surface area contributed by atoms with Crippen molar-refractivity contribution in [2.24, 2.45) is 5.92 Å². The molecule has 3 aliphatic heterocycles. The Morgan fingerprint density at radius 2 is 1.94 bits per heavy atom. The third-order valence-corrected chi connectivity index (χ3v) is 7.02. The minimum Gasteiger partial charge on any atom is -0.459 e. The number of epoxide rings is 1. The van der Waals surface area contributed by atoms with Gasteiger partial charge in [0.25, 0.3) is 0 Å². The van der Waals surface area contributed by atoms with Crippen LogP contribution in [0.1, 0.15) is 60.8 Å². The maximum atomic E-state index is 12.3. The summed E-state index contributed by atoms with van der Waals surface area (Å²) in [6.45, 7) is 11.1. The molecule has 3 N–H and O–H groups in total. The summed E-state index contributed by atoms with van der Waals surface area (Å²) in [5.41, 5.74) is 0.283. The van der Waals surface area contributed by atoms with Crippen molar-refractivity contribution >= 4 is 11.9 Å². The molecule has 1 amide bonds. The topological polar surface area (TPSA) is 127 Å². The van der Waals surface area contributed by atoms with Crippen LogP contribution in [-0.2, 0) is 28.5 Å². The van der Waals surface area contributed by atoms with Gasteiger partial charge >= 0.3 is 5.97 Å². The van der Waals surface area contributed by atoms with E-state index in [2.05, 4.69) is 18.3 Å². The van der Waals surface area contributed by atoms with Crippen LogP contribution in [-0.4, -0.2) is 76.6 Å². The van der Waals surface area contributed by atoms with Crippen molar-refractivity contribution in [1.82, 2.24) is 5.32 Å². The fourth-order valence-electron chi connectivity index (χ4n) is 4.95. The quantitative estimate of drug-likeness (QED) is 0.198. The van der Waals surface area contributed by atoms with Gasteiger partial charge in [-0.05, 0) is 52.5 Å². The summed E-state index contributed by atoms with van der Waals surface area (Å²) in [6, 6.07) is -0.114. The van der Waals surface area contributed by atoms with Crippen molar-refractivity contribution in [3.05, 3.63) is 36.0 Å². The molecule has 3 heterocycles. The van der Waals surface area contributed by atoms with E-state index in [1.54, 1.807) is 26.0 Å². The fourth-order valence-corrected chi connectivity index (χ4v) is 4.95. The van der Waals surface area contributed by atoms with Crippen LogP contribution in [0.4, 0.5) is 0 Å². The van der Waals surface area contributed by atoms with Gasteiger partial charge in [-0.2, -0.15) is 0 Å². The molecule has 9 heteroatoms. The Morgan fingerprint density at radius 1 is 1.25 bits per heavy atom. The third-order valence-electron chi connectivity index (χ3n) is 7.02. The Labute approximate surface area is 213 Å². The highest BCUT2D eigenvalue weighted by Crippen LogP contribution is 2.45. The summed E-state index contributed by atoms with van der Waals surface area (Å²) in [5, 5.41) is 23.9. The molecule has 3 rings (SSSR count). The maximum absolute atomic E-state index is 12.3. The fraction of sp³-hybridized carbons (Fsp3) is 0.704. The lowest BCUT2D eigenvalue weighted by molar-refractivity contribution is -0.272. The number of allylic oxidation sites excluding steroid dienone is 2. The lowest BCUT2D eigenvalue weighted by Crippen LogP contribution is -2.54. The van der Waals surface area contributed by atoms with Crippen LogP contribution in [0.25, 0.3) is 0 Å². The van der Waals surface area contributed by atoms with Gasteiger partial charge in [0.05, 0.1) is 24.9 Å². The van der Waals surface area contributed by atoms with Crippen LogP contribution < -0.4 is 5.32 Å². The Bertz CT molecular complexity index is 890. The molecule has 8 unspecified atom stereocenters. The number of aliphatic hydroxyl groups excluding tert-OH is 1. The summed E-state index contributed by atoms with van der Waals surface area (Å²) < 4.78 is 22.3. The highest BCUT2D eigenvalue weighted by Gasteiger charge is 2.61. The molecule has 9 atom stereocenters. The highest BCUT2D eigenvalue weighted by molar-refractivity contribution is 5.87. The van der Waals surface area contributed by atoms with Crippen LogP contribution in [0.15, 0.2) is 36.0 Å². The second-order valence-electron chi connectivity index (χ2n) is 10.7. The molecule has 0 saturated carbocycles. The predicted molar refractivity (Wildman–Crippen MR) is 133 cm³/mol. The average Bonchev–Trinajstić information content (AvgIpc) is 3.54. The number of nitrogens with one attached hydrogen (secondary N) is 1. The molecule has 0 bridgehead atoms. The van der Waals surface area contributed by atoms with Crippen molar-refractivity contribution in [2.75, 3.05) is 6.61 Å². The number of carbonyl (C=O) groups is 2. The first-order chi connectivity index (χ1) is 16.8. The second kappa shape index (κ2) is 11.6. The van der Waals surface area contributed by atoms with E-state index in [1.165, 1.54) is 13.0 Å². The monoisotopic (exact) mass is 507 g/mol. The van der Waals surface area contributed by atoms with Crippen molar-refractivity contribution in [2.45, 2.75) is 109 Å². The summed E-state index contributed by atoms with van der Waals surface area (Å²) in [5.74, 6) is -1.75. The molecule has 202 valence electrons. The smallest absolute Gasteiger partial charge is 0.303 e. The van der Waals surface area contributed by atoms with E-state index in [0.717, 1.165) is 12.0 Å². The zero-order valence-corrected chi connectivity index (χ0v) is 22.1. The lowest BCUT2D eigenvalue weighted by Gasteiger charge is -2.40. The van der Waals surface area contributed by atoms with Crippen LogP contribution in [0, 0.1) is 5.92 Å². The Balaban J connectivity index is 1.49. The van der Waals surface area contributed by atoms with Crippen LogP contribution in [0.2, 0.25) is 0 Å². The van der Waals surface area contributed by atoms with E-state index < -0.39 is 35.7 Å². The summed E-state index contributed by atoms with van der Waals surface area (Å²) in [6.07, 6.45) is 8.33. The molecule has 36 heavy (non-hydrogen) atoms. The van der Waals surface area contributed by atoms with Gasteiger partial charge in [0.15, 0.2) is 5.79 Å². The molecular formula is C27H41NO8. The summed E-state index contributed by atoms with van der Waals surface area (Å²) >= 11 is 0. The molecule has 0 aromatic carbocycles. The molecule has 0 aromatic heterocycles. The summed E-state index contributed by atoms with van der Waals surface area (Å²) in [4.78, 5) is 23.3. The number of ether oxygens (including phenoxy) is 4. The Morgan fingerprint density at radius 3 is 2.58 bits per heavy atom. The second-order valence-corrected chi connectivity index (χ2v) is 10.7. The molecule has 0 radical (unpaired) electrons. The van der Waals surface area contributed by atoms with Gasteiger partial charge in [-0.1, -0.05) is 30.7 Å². The highest BCUT2D eigenvalue weighted by atomic mass is 16.7. The van der Waals surface area contributed by atoms with E-state index in [-0.39, 0.29) is 36.5 Å². The van der Waals surface area contributed by atoms with Gasteiger partial charge < -0.3 is 34.5 Å². The first-order valence-corrected chi connectivity index (χ1v) is 12.7. The molecular weight excluding hydrogens is 466 g/mol. The number of carbonyl (C=O) groups excluding carboxylic acids is 2. The van der Waals surface area contributed by atoms with Gasteiger partial charge in [0.1, 0.15) is 23.9 Å². The number of amides is 1. The van der Waals surface area contributed by atoms with Crippen molar-refractivity contribution in [1.29, 1.82) is 0 Å². The minimum atomic E-state index is -1.34. The van der Waals surface area contributed by atoms with E-state index >= 15 is 0 Å². The number of esters is 1. The van der Waals surface area contributed by atoms with Crippen molar-refractivity contribution < 1.29 is 38.7 Å². The normalized spacial score (nSPS) is 39.9. The molecule has 1 spiro atoms. The molecule has 0 aliphatic carbocycles. The van der Waals surface area contributed by atoms with Crippen molar-refractivity contribution in [3.63, 3.8) is 0 Å². The predicted octanol–water partition coefficient (Wildman–Crippen LogP) is 2.31. The lowest BCUT2D eigenvalue weighted by atomic mass is 9.87. The minimum absolute atomic E-state index is 0.0106. The summed E-state index contributed by atoms with van der Waals surface area (Å²) in [7, 11) is 0. The first kappa shape index (κ1) is 28.5. The van der Waals surface area contributed by atoms with Gasteiger partial charge in [-0.3, -0.25) is 9.59 Å². The van der Waals surface area contributed by atoms with Gasteiger partial charge in [0.2, 0.25) is 5.91 Å². The average molecular weight is 508 g/mol. The largest absolute Gasteiger partial charge is 0.459 e. The van der Waals surface area contributed by atoms with Gasteiger partial charge in [-0.15, -0.1) is 0 Å². The molecule has 3 saturated heterocycles. The van der Waals surface area contributed by atoms with E-state index in [0.29, 0.717) is 13.0 Å². The van der Waals surface area contributed by atoms with E-state index in [9.17, 15) is 19.8 Å². The molecule has 3 fully saturated rings. The number of rotatable bonds is 8. The maximum Gasteiger partial charge on any atom is 0.303 e. The SMILES string of the molecule is CC(=O)OC(C)/C=C\C(=O)NC1CC(C)C(C/C=C(C)/C=C/C2OC(C)(O)CC3(CO3)[C@@H]2O)OC1C. The van der Waals surface area contributed by atoms with Gasteiger partial charge in [-0.25, -0.2) is 0 Å². The van der Waals surface area contributed by atoms with E-state index in [4.69, 9.17) is 18.9 Å².